The zero-order valence-corrected chi connectivity index (χ0v) is 21.2. The Balaban J connectivity index is 6.54. The van der Waals surface area contributed by atoms with Crippen LogP contribution < -0.4 is 0 Å². The van der Waals surface area contributed by atoms with Gasteiger partial charge in [0.25, 0.3) is 0 Å². The van der Waals surface area contributed by atoms with E-state index in [-0.39, 0.29) is 0 Å². The van der Waals surface area contributed by atoms with E-state index in [2.05, 4.69) is 46.4 Å². The third-order valence-corrected chi connectivity index (χ3v) is 10.2. The predicted molar refractivity (Wildman–Crippen MR) is 123 cm³/mol. The second-order valence-corrected chi connectivity index (χ2v) is 10.0. The van der Waals surface area contributed by atoms with Crippen molar-refractivity contribution in [3.63, 3.8) is 0 Å². The van der Waals surface area contributed by atoms with Gasteiger partial charge in [0.05, 0.1) is 52.6 Å². The number of nitrogens with zero attached hydrogens (tertiary/aromatic N) is 4. The fourth-order valence-electron chi connectivity index (χ4n) is 3.83. The van der Waals surface area contributed by atoms with Gasteiger partial charge in [-0.05, 0) is 27.7 Å². The van der Waals surface area contributed by atoms with Crippen molar-refractivity contribution in [2.45, 2.75) is 27.7 Å². The molecule has 0 radical (unpaired) electrons. The molecule has 0 aliphatic heterocycles. The number of hydrogen-bond donors (Lipinski definition) is 0. The minimum Gasteiger partial charge on any atom is -0.383 e. The summed E-state index contributed by atoms with van der Waals surface area (Å²) in [5.41, 5.74) is 0. The van der Waals surface area contributed by atoms with Crippen LogP contribution >= 0.6 is 7.87 Å². The molecule has 0 aromatic carbocycles. The van der Waals surface area contributed by atoms with E-state index < -0.39 is 7.87 Å². The highest BCUT2D eigenvalue weighted by Gasteiger charge is 2.59. The highest BCUT2D eigenvalue weighted by atomic mass is 31.2. The molecule has 0 aromatic heterocycles. The lowest BCUT2D eigenvalue weighted by atomic mass is 10.6. The summed E-state index contributed by atoms with van der Waals surface area (Å²) in [6.07, 6.45) is 0. The Hall–Kier alpha value is 0.110. The molecule has 0 N–H and O–H groups in total. The predicted octanol–water partition coefficient (Wildman–Crippen LogP) is 2.54. The van der Waals surface area contributed by atoms with Crippen molar-refractivity contribution in [3.8, 4) is 0 Å². The Morgan fingerprint density at radius 1 is 0.448 bits per heavy atom. The highest BCUT2D eigenvalue weighted by molar-refractivity contribution is 7.66. The SMILES string of the molecule is CCN(CC)[P+](N(CC)CC)(N(CCOC)CCOC)N(CCOC)CCOC. The number of rotatable bonds is 20. The van der Waals surface area contributed by atoms with Crippen molar-refractivity contribution < 1.29 is 18.9 Å². The molecule has 0 aliphatic carbocycles. The number of methoxy groups -OCH3 is 4. The lowest BCUT2D eigenvalue weighted by molar-refractivity contribution is 0.116. The monoisotopic (exact) mass is 439 g/mol. The summed E-state index contributed by atoms with van der Waals surface area (Å²) in [6.45, 7) is 19.2. The van der Waals surface area contributed by atoms with Gasteiger partial charge >= 0.3 is 7.87 Å². The lowest BCUT2D eigenvalue weighted by Gasteiger charge is -2.50. The summed E-state index contributed by atoms with van der Waals surface area (Å²) in [7, 11) is 5.06. The van der Waals surface area contributed by atoms with E-state index in [1.165, 1.54) is 0 Å². The van der Waals surface area contributed by atoms with E-state index in [0.717, 1.165) is 52.4 Å². The molecule has 9 heteroatoms. The van der Waals surface area contributed by atoms with Crippen LogP contribution in [-0.2, 0) is 18.9 Å². The average Bonchev–Trinajstić information content (AvgIpc) is 2.74. The van der Waals surface area contributed by atoms with Crippen molar-refractivity contribution in [2.24, 2.45) is 0 Å². The van der Waals surface area contributed by atoms with E-state index in [9.17, 15) is 0 Å². The molecule has 0 rings (SSSR count). The first-order valence-corrected chi connectivity index (χ1v) is 12.5. The molecule has 0 fully saturated rings. The largest absolute Gasteiger partial charge is 0.383 e. The Bertz CT molecular complexity index is 324. The second kappa shape index (κ2) is 17.8. The quantitative estimate of drug-likeness (QED) is 0.268. The minimum atomic E-state index is -2.04. The molecular formula is C20H48N4O4P+. The van der Waals surface area contributed by atoms with Gasteiger partial charge in [-0.2, -0.15) is 0 Å². The van der Waals surface area contributed by atoms with Gasteiger partial charge in [0.15, 0.2) is 0 Å². The van der Waals surface area contributed by atoms with E-state index >= 15 is 0 Å². The summed E-state index contributed by atoms with van der Waals surface area (Å²) in [5.74, 6) is 0. The van der Waals surface area contributed by atoms with E-state index in [4.69, 9.17) is 18.9 Å². The van der Waals surface area contributed by atoms with Gasteiger partial charge in [-0.1, -0.05) is 0 Å². The molecule has 0 bridgehead atoms. The molecule has 0 spiro atoms. The van der Waals surface area contributed by atoms with Crippen LogP contribution in [0.15, 0.2) is 0 Å². The highest BCUT2D eigenvalue weighted by Crippen LogP contribution is 2.69. The van der Waals surface area contributed by atoms with E-state index in [1.54, 1.807) is 28.4 Å². The van der Waals surface area contributed by atoms with Crippen LogP contribution in [0.1, 0.15) is 27.7 Å². The number of ether oxygens (including phenoxy) is 4. The van der Waals surface area contributed by atoms with Gasteiger partial charge in [0.2, 0.25) is 0 Å². The fourth-order valence-corrected chi connectivity index (χ4v) is 8.89. The van der Waals surface area contributed by atoms with Crippen LogP contribution in [-0.4, -0.2) is 126 Å². The first-order valence-electron chi connectivity index (χ1n) is 10.9. The molecule has 0 aromatic rings. The molecule has 29 heavy (non-hydrogen) atoms. The van der Waals surface area contributed by atoms with Gasteiger partial charge in [-0.25, -0.2) is 0 Å². The molecule has 0 unspecified atom stereocenters. The minimum absolute atomic E-state index is 0.691. The van der Waals surface area contributed by atoms with E-state index in [1.807, 2.05) is 0 Å². The summed E-state index contributed by atoms with van der Waals surface area (Å²) in [6, 6.07) is 0. The molecule has 0 amide bonds. The molecule has 0 saturated heterocycles. The summed E-state index contributed by atoms with van der Waals surface area (Å²) < 4.78 is 32.6. The molecule has 0 aliphatic rings. The maximum atomic E-state index is 5.51. The maximum absolute atomic E-state index is 5.51. The average molecular weight is 440 g/mol. The molecule has 8 nitrogen and oxygen atoms in total. The third-order valence-electron chi connectivity index (χ3n) is 5.19. The third kappa shape index (κ3) is 8.28. The first kappa shape index (κ1) is 29.1. The fraction of sp³-hybridized carbons (Fsp3) is 1.00. The van der Waals surface area contributed by atoms with Crippen molar-refractivity contribution in [2.75, 3.05) is 107 Å². The maximum Gasteiger partial charge on any atom is 0.308 e. The van der Waals surface area contributed by atoms with E-state index in [0.29, 0.717) is 26.4 Å². The Labute approximate surface area is 180 Å². The normalized spacial score (nSPS) is 12.8. The molecule has 176 valence electrons. The van der Waals surface area contributed by atoms with Crippen molar-refractivity contribution in [1.29, 1.82) is 0 Å². The van der Waals surface area contributed by atoms with Crippen LogP contribution in [0.4, 0.5) is 0 Å². The zero-order chi connectivity index (χ0) is 22.1. The molecular weight excluding hydrogens is 391 g/mol. The lowest BCUT2D eigenvalue weighted by Crippen LogP contribution is -2.55. The molecule has 0 saturated carbocycles. The van der Waals surface area contributed by atoms with Crippen molar-refractivity contribution in [1.82, 2.24) is 18.7 Å². The van der Waals surface area contributed by atoms with Crippen molar-refractivity contribution >= 4 is 7.87 Å². The smallest absolute Gasteiger partial charge is 0.308 e. The second-order valence-electron chi connectivity index (χ2n) is 6.69. The van der Waals surface area contributed by atoms with Gasteiger partial charge < -0.3 is 18.9 Å². The molecule has 0 atom stereocenters. The summed E-state index contributed by atoms with van der Waals surface area (Å²) in [4.78, 5) is 0. The summed E-state index contributed by atoms with van der Waals surface area (Å²) >= 11 is 0. The standard InChI is InChI=1S/C20H48N4O4P/c1-9-21(10-2)29(22(11-3)12-4,23(13-17-25-5)14-18-26-6)24(15-19-27-7)16-20-28-8/h9-20H2,1-8H3/q+1. The van der Waals surface area contributed by atoms with Gasteiger partial charge in [0.1, 0.15) is 0 Å². The Kier molecular flexibility index (Phi) is 17.8. The van der Waals surface area contributed by atoms with Gasteiger partial charge in [-0.3, -0.25) is 0 Å². The number of hydrogen-bond acceptors (Lipinski definition) is 8. The van der Waals surface area contributed by atoms with Gasteiger partial charge in [0, 0.05) is 54.6 Å². The Morgan fingerprint density at radius 2 is 0.690 bits per heavy atom. The first-order chi connectivity index (χ1) is 14.1. The van der Waals surface area contributed by atoms with Crippen molar-refractivity contribution in [3.05, 3.63) is 0 Å². The summed E-state index contributed by atoms with van der Waals surface area (Å²) in [5, 5.41) is 0. The van der Waals surface area contributed by atoms with Crippen LogP contribution in [0.3, 0.4) is 0 Å². The van der Waals surface area contributed by atoms with Gasteiger partial charge in [-0.15, -0.1) is 18.7 Å². The van der Waals surface area contributed by atoms with Crippen LogP contribution in [0, 0.1) is 0 Å². The van der Waals surface area contributed by atoms with Crippen LogP contribution in [0.5, 0.6) is 0 Å². The van der Waals surface area contributed by atoms with Crippen LogP contribution in [0.25, 0.3) is 0 Å². The van der Waals surface area contributed by atoms with Crippen LogP contribution in [0.2, 0.25) is 0 Å². The zero-order valence-electron chi connectivity index (χ0n) is 20.4. The Morgan fingerprint density at radius 3 is 0.862 bits per heavy atom. The molecule has 0 heterocycles. The topological polar surface area (TPSA) is 49.9 Å².